The first-order valence-corrected chi connectivity index (χ1v) is 7.51. The number of hydrogen-bond acceptors (Lipinski definition) is 3. The van der Waals surface area contributed by atoms with Gasteiger partial charge >= 0.3 is 6.03 Å². The molecule has 2 N–H and O–H groups in total. The largest absolute Gasteiger partial charge is 0.344 e. The van der Waals surface area contributed by atoms with Crippen LogP contribution in [0.15, 0.2) is 49.1 Å². The zero-order chi connectivity index (χ0) is 16.7. The van der Waals surface area contributed by atoms with Crippen molar-refractivity contribution in [2.75, 3.05) is 11.9 Å². The van der Waals surface area contributed by atoms with Gasteiger partial charge in [-0.15, -0.1) is 6.58 Å². The molecule has 0 spiro atoms. The monoisotopic (exact) mass is 314 g/mol. The van der Waals surface area contributed by atoms with E-state index in [9.17, 15) is 4.79 Å². The van der Waals surface area contributed by atoms with Crippen LogP contribution in [0.4, 0.5) is 10.6 Å². The third-order valence-electron chi connectivity index (χ3n) is 3.17. The van der Waals surface area contributed by atoms with E-state index in [-0.39, 0.29) is 12.5 Å². The molecule has 2 amide bonds. The number of aromatic nitrogens is 2. The summed E-state index contributed by atoms with van der Waals surface area (Å²) in [6.45, 7) is 8.46. The number of nitrogens with one attached hydrogen (secondary N) is 2. The summed E-state index contributed by atoms with van der Waals surface area (Å²) in [5, 5.41) is 7.33. The Hall–Kier alpha value is -2.60. The highest BCUT2D eigenvalue weighted by Gasteiger charge is 2.13. The van der Waals surface area contributed by atoms with Crippen LogP contribution >= 0.6 is 0 Å². The number of hydrogen-bond donors (Lipinski definition) is 2. The van der Waals surface area contributed by atoms with E-state index in [0.717, 1.165) is 11.3 Å². The molecule has 0 saturated carbocycles. The lowest BCUT2D eigenvalue weighted by molar-refractivity contribution is 0.0871. The van der Waals surface area contributed by atoms with Gasteiger partial charge in [0.05, 0.1) is 18.8 Å². The first kappa shape index (κ1) is 16.8. The van der Waals surface area contributed by atoms with Gasteiger partial charge in [0.25, 0.3) is 0 Å². The maximum atomic E-state index is 11.8. The number of benzene rings is 1. The van der Waals surface area contributed by atoms with Gasteiger partial charge in [-0.3, -0.25) is 10.2 Å². The number of amides is 2. The van der Waals surface area contributed by atoms with Gasteiger partial charge in [-0.25, -0.2) is 15.0 Å². The molecule has 23 heavy (non-hydrogen) atoms. The van der Waals surface area contributed by atoms with Gasteiger partial charge in [-0.2, -0.15) is 5.10 Å². The van der Waals surface area contributed by atoms with Crippen molar-refractivity contribution in [1.82, 2.24) is 15.3 Å². The predicted octanol–water partition coefficient (Wildman–Crippen LogP) is 3.29. The Morgan fingerprint density at radius 2 is 2.13 bits per heavy atom. The van der Waals surface area contributed by atoms with Crippen LogP contribution in [0.3, 0.4) is 0 Å². The first-order chi connectivity index (χ1) is 11.1. The summed E-state index contributed by atoms with van der Waals surface area (Å²) in [6, 6.07) is 11.4. The molecular formula is C17H22N4O2. The first-order valence-electron chi connectivity index (χ1n) is 7.51. The van der Waals surface area contributed by atoms with E-state index in [4.69, 9.17) is 4.84 Å². The summed E-state index contributed by atoms with van der Waals surface area (Å²) < 4.78 is 1.78. The molecule has 0 aliphatic carbocycles. The van der Waals surface area contributed by atoms with E-state index in [1.165, 1.54) is 0 Å². The van der Waals surface area contributed by atoms with Crippen molar-refractivity contribution in [3.05, 3.63) is 60.3 Å². The van der Waals surface area contributed by atoms with Crippen molar-refractivity contribution in [3.8, 4) is 0 Å². The number of urea groups is 1. The van der Waals surface area contributed by atoms with Crippen molar-refractivity contribution in [1.29, 1.82) is 0 Å². The molecule has 0 unspecified atom stereocenters. The standard InChI is InChI=1S/C17H22N4O2/c1-4-10-23-20-17(22)18-16-11-15(13(2)3)19-21(16)12-14-8-6-5-7-9-14/h4-9,11,13H,1,10,12H2,2-3H3,(H2,18,20,22). The van der Waals surface area contributed by atoms with Crippen molar-refractivity contribution in [3.63, 3.8) is 0 Å². The van der Waals surface area contributed by atoms with E-state index in [1.807, 2.05) is 36.4 Å². The van der Waals surface area contributed by atoms with Crippen LogP contribution in [0, 0.1) is 0 Å². The molecule has 6 nitrogen and oxygen atoms in total. The molecule has 122 valence electrons. The molecule has 0 fully saturated rings. The van der Waals surface area contributed by atoms with Gasteiger partial charge in [0.15, 0.2) is 0 Å². The molecule has 2 rings (SSSR count). The molecule has 2 aromatic rings. The normalized spacial score (nSPS) is 10.6. The molecule has 0 saturated heterocycles. The summed E-state index contributed by atoms with van der Waals surface area (Å²) in [6.07, 6.45) is 1.55. The molecule has 1 aromatic carbocycles. The van der Waals surface area contributed by atoms with Gasteiger partial charge in [-0.05, 0) is 11.5 Å². The van der Waals surface area contributed by atoms with Gasteiger partial charge in [0, 0.05) is 6.07 Å². The number of anilines is 1. The van der Waals surface area contributed by atoms with Gasteiger partial charge < -0.3 is 0 Å². The SMILES string of the molecule is C=CCONC(=O)Nc1cc(C(C)C)nn1Cc1ccccc1. The van der Waals surface area contributed by atoms with Crippen molar-refractivity contribution < 1.29 is 9.63 Å². The van der Waals surface area contributed by atoms with E-state index in [1.54, 1.807) is 10.8 Å². The van der Waals surface area contributed by atoms with E-state index >= 15 is 0 Å². The summed E-state index contributed by atoms with van der Waals surface area (Å²) >= 11 is 0. The summed E-state index contributed by atoms with van der Waals surface area (Å²) in [5.41, 5.74) is 4.33. The highest BCUT2D eigenvalue weighted by atomic mass is 16.7. The third kappa shape index (κ3) is 4.96. The summed E-state index contributed by atoms with van der Waals surface area (Å²) in [7, 11) is 0. The van der Waals surface area contributed by atoms with Crippen LogP contribution in [0.1, 0.15) is 31.0 Å². The number of nitrogens with zero attached hydrogens (tertiary/aromatic N) is 2. The molecular weight excluding hydrogens is 292 g/mol. The molecule has 6 heteroatoms. The van der Waals surface area contributed by atoms with Crippen LogP contribution in [-0.4, -0.2) is 22.4 Å². The van der Waals surface area contributed by atoms with Gasteiger partial charge in [-0.1, -0.05) is 50.3 Å². The van der Waals surface area contributed by atoms with E-state index in [0.29, 0.717) is 12.4 Å². The molecule has 0 radical (unpaired) electrons. The molecule has 1 aromatic heterocycles. The van der Waals surface area contributed by atoms with Crippen molar-refractivity contribution >= 4 is 11.8 Å². The molecule has 0 aliphatic heterocycles. The fourth-order valence-electron chi connectivity index (χ4n) is 2.00. The van der Waals surface area contributed by atoms with Crippen LogP contribution in [0.2, 0.25) is 0 Å². The lowest BCUT2D eigenvalue weighted by Gasteiger charge is -2.09. The predicted molar refractivity (Wildman–Crippen MR) is 90.2 cm³/mol. The molecule has 0 atom stereocenters. The average Bonchev–Trinajstić information content (AvgIpc) is 2.91. The highest BCUT2D eigenvalue weighted by molar-refractivity contribution is 5.87. The van der Waals surface area contributed by atoms with Crippen LogP contribution < -0.4 is 10.8 Å². The zero-order valence-electron chi connectivity index (χ0n) is 13.5. The maximum absolute atomic E-state index is 11.8. The zero-order valence-corrected chi connectivity index (χ0v) is 13.5. The third-order valence-corrected chi connectivity index (χ3v) is 3.17. The fourth-order valence-corrected chi connectivity index (χ4v) is 2.00. The Bertz CT molecular complexity index is 650. The Kier molecular flexibility index (Phi) is 5.94. The van der Waals surface area contributed by atoms with Crippen molar-refractivity contribution in [2.24, 2.45) is 0 Å². The molecule has 1 heterocycles. The summed E-state index contributed by atoms with van der Waals surface area (Å²) in [4.78, 5) is 16.8. The lowest BCUT2D eigenvalue weighted by Crippen LogP contribution is -2.30. The highest BCUT2D eigenvalue weighted by Crippen LogP contribution is 2.19. The Morgan fingerprint density at radius 1 is 1.39 bits per heavy atom. The van der Waals surface area contributed by atoms with Crippen LogP contribution in [0.5, 0.6) is 0 Å². The Morgan fingerprint density at radius 3 is 2.78 bits per heavy atom. The minimum Gasteiger partial charge on any atom is -0.291 e. The van der Waals surface area contributed by atoms with Gasteiger partial charge in [0.2, 0.25) is 0 Å². The minimum absolute atomic E-state index is 0.244. The van der Waals surface area contributed by atoms with Crippen molar-refractivity contribution in [2.45, 2.75) is 26.3 Å². The molecule has 0 bridgehead atoms. The average molecular weight is 314 g/mol. The second kappa shape index (κ2) is 8.14. The second-order valence-electron chi connectivity index (χ2n) is 5.41. The van der Waals surface area contributed by atoms with Crippen LogP contribution in [0.25, 0.3) is 0 Å². The number of hydroxylamine groups is 1. The van der Waals surface area contributed by atoms with E-state index < -0.39 is 6.03 Å². The lowest BCUT2D eigenvalue weighted by atomic mass is 10.1. The fraction of sp³-hybridized carbons (Fsp3) is 0.294. The second-order valence-corrected chi connectivity index (χ2v) is 5.41. The van der Waals surface area contributed by atoms with Crippen LogP contribution in [-0.2, 0) is 11.4 Å². The quantitative estimate of drug-likeness (QED) is 0.468. The van der Waals surface area contributed by atoms with E-state index in [2.05, 4.69) is 36.3 Å². The van der Waals surface area contributed by atoms with Gasteiger partial charge in [0.1, 0.15) is 5.82 Å². The maximum Gasteiger partial charge on any atom is 0.344 e. The number of rotatable bonds is 7. The number of carbonyl (C=O) groups is 1. The Balaban J connectivity index is 2.13. The number of carbonyl (C=O) groups excluding carboxylic acids is 1. The smallest absolute Gasteiger partial charge is 0.291 e. The minimum atomic E-state index is -0.448. The molecule has 0 aliphatic rings. The topological polar surface area (TPSA) is 68.2 Å². The summed E-state index contributed by atoms with van der Waals surface area (Å²) in [5.74, 6) is 0.893. The Labute approximate surface area is 136 Å².